The Morgan fingerprint density at radius 2 is 2.20 bits per heavy atom. The number of nitrogens with zero attached hydrogens (tertiary/aromatic N) is 1. The van der Waals surface area contributed by atoms with Gasteiger partial charge in [-0.3, -0.25) is 4.79 Å². The second-order valence-corrected chi connectivity index (χ2v) is 4.83. The Kier molecular flexibility index (Phi) is 4.37. The average Bonchev–Trinajstić information content (AvgIpc) is 2.87. The lowest BCUT2D eigenvalue weighted by molar-refractivity contribution is -0.144. The number of anilines is 1. The molecule has 108 valence electrons. The number of carbonyl (C=O) groups is 2. The molecule has 1 aromatic carbocycles. The third-order valence-electron chi connectivity index (χ3n) is 3.48. The van der Waals surface area contributed by atoms with Gasteiger partial charge in [-0.1, -0.05) is 0 Å². The van der Waals surface area contributed by atoms with E-state index in [0.717, 1.165) is 6.42 Å². The second kappa shape index (κ2) is 6.03. The molecule has 4 nitrogen and oxygen atoms in total. The van der Waals surface area contributed by atoms with E-state index in [2.05, 4.69) is 0 Å². The summed E-state index contributed by atoms with van der Waals surface area (Å²) < 4.78 is 19.2. The van der Waals surface area contributed by atoms with E-state index in [0.29, 0.717) is 30.8 Å². The normalized spacial score (nSPS) is 18.1. The van der Waals surface area contributed by atoms with E-state index in [4.69, 9.17) is 4.74 Å². The molecule has 1 aliphatic rings. The van der Waals surface area contributed by atoms with E-state index in [1.165, 1.54) is 13.0 Å². The van der Waals surface area contributed by atoms with Crippen molar-refractivity contribution in [1.82, 2.24) is 0 Å². The molecule has 0 saturated carbocycles. The summed E-state index contributed by atoms with van der Waals surface area (Å²) in [4.78, 5) is 24.8. The summed E-state index contributed by atoms with van der Waals surface area (Å²) in [5.74, 6) is -0.979. The number of ether oxygens (including phenoxy) is 1. The van der Waals surface area contributed by atoms with Crippen LogP contribution in [0.3, 0.4) is 0 Å². The van der Waals surface area contributed by atoms with Crippen LogP contribution in [0.1, 0.15) is 37.0 Å². The monoisotopic (exact) mass is 279 g/mol. The standard InChI is InChI=1S/C15H18FNO3/c1-3-20-15(19)14-5-4-8-17(14)13-7-6-11(10(2)18)9-12(13)16/h6-7,9,14H,3-5,8H2,1-2H3. The maximum atomic E-state index is 14.1. The summed E-state index contributed by atoms with van der Waals surface area (Å²) in [5, 5.41) is 0. The van der Waals surface area contributed by atoms with E-state index in [1.54, 1.807) is 24.0 Å². The molecule has 20 heavy (non-hydrogen) atoms. The molecule has 0 aliphatic carbocycles. The fourth-order valence-electron chi connectivity index (χ4n) is 2.50. The first-order valence-electron chi connectivity index (χ1n) is 6.78. The summed E-state index contributed by atoms with van der Waals surface area (Å²) in [6.45, 7) is 4.07. The van der Waals surface area contributed by atoms with Crippen LogP contribution >= 0.6 is 0 Å². The number of hydrogen-bond acceptors (Lipinski definition) is 4. The number of rotatable bonds is 4. The first-order valence-corrected chi connectivity index (χ1v) is 6.78. The Hall–Kier alpha value is -1.91. The van der Waals surface area contributed by atoms with Crippen LogP contribution < -0.4 is 4.90 Å². The van der Waals surface area contributed by atoms with Crippen molar-refractivity contribution in [2.45, 2.75) is 32.7 Å². The van der Waals surface area contributed by atoms with Gasteiger partial charge < -0.3 is 9.64 Å². The minimum Gasteiger partial charge on any atom is -0.464 e. The van der Waals surface area contributed by atoms with E-state index in [-0.39, 0.29) is 11.8 Å². The third kappa shape index (κ3) is 2.81. The highest BCUT2D eigenvalue weighted by atomic mass is 19.1. The molecule has 0 bridgehead atoms. The molecule has 0 amide bonds. The molecular weight excluding hydrogens is 261 g/mol. The summed E-state index contributed by atoms with van der Waals surface area (Å²) in [6, 6.07) is 3.93. The number of carbonyl (C=O) groups excluding carboxylic acids is 2. The second-order valence-electron chi connectivity index (χ2n) is 4.83. The van der Waals surface area contributed by atoms with Gasteiger partial charge in [0, 0.05) is 12.1 Å². The van der Waals surface area contributed by atoms with Crippen LogP contribution in [-0.4, -0.2) is 30.9 Å². The van der Waals surface area contributed by atoms with Crippen molar-refractivity contribution in [3.05, 3.63) is 29.6 Å². The Balaban J connectivity index is 2.26. The maximum absolute atomic E-state index is 14.1. The van der Waals surface area contributed by atoms with Gasteiger partial charge in [-0.05, 0) is 44.9 Å². The van der Waals surface area contributed by atoms with Gasteiger partial charge in [0.05, 0.1) is 12.3 Å². The molecule has 1 aromatic rings. The summed E-state index contributed by atoms with van der Waals surface area (Å²) in [7, 11) is 0. The van der Waals surface area contributed by atoms with Crippen LogP contribution in [0.2, 0.25) is 0 Å². The number of halogens is 1. The molecule has 0 spiro atoms. The molecule has 1 heterocycles. The molecule has 2 rings (SSSR count). The number of Topliss-reactive ketones (excluding diaryl/α,β-unsaturated/α-hetero) is 1. The molecule has 1 fully saturated rings. The highest BCUT2D eigenvalue weighted by Crippen LogP contribution is 2.29. The molecule has 1 aliphatic heterocycles. The molecule has 0 N–H and O–H groups in total. The molecule has 0 radical (unpaired) electrons. The Morgan fingerprint density at radius 1 is 1.45 bits per heavy atom. The van der Waals surface area contributed by atoms with Crippen molar-refractivity contribution in [2.24, 2.45) is 0 Å². The lowest BCUT2D eigenvalue weighted by Gasteiger charge is -2.25. The molecular formula is C15H18FNO3. The SMILES string of the molecule is CCOC(=O)C1CCCN1c1ccc(C(C)=O)cc1F. The van der Waals surface area contributed by atoms with Gasteiger partial charge in [-0.25, -0.2) is 9.18 Å². The van der Waals surface area contributed by atoms with Crippen LogP contribution in [0, 0.1) is 5.82 Å². The van der Waals surface area contributed by atoms with Crippen molar-refractivity contribution in [3.63, 3.8) is 0 Å². The fourth-order valence-corrected chi connectivity index (χ4v) is 2.50. The average molecular weight is 279 g/mol. The van der Waals surface area contributed by atoms with E-state index in [9.17, 15) is 14.0 Å². The zero-order valence-electron chi connectivity index (χ0n) is 11.7. The lowest BCUT2D eigenvalue weighted by atomic mass is 10.1. The molecule has 1 atom stereocenters. The summed E-state index contributed by atoms with van der Waals surface area (Å²) in [5.41, 5.74) is 0.684. The third-order valence-corrected chi connectivity index (χ3v) is 3.48. The zero-order chi connectivity index (χ0) is 14.7. The van der Waals surface area contributed by atoms with Crippen molar-refractivity contribution in [3.8, 4) is 0 Å². The molecule has 5 heteroatoms. The lowest BCUT2D eigenvalue weighted by Crippen LogP contribution is -2.37. The van der Waals surface area contributed by atoms with Crippen molar-refractivity contribution in [1.29, 1.82) is 0 Å². The van der Waals surface area contributed by atoms with Gasteiger partial charge in [-0.15, -0.1) is 0 Å². The number of benzene rings is 1. The van der Waals surface area contributed by atoms with Gasteiger partial charge in [0.25, 0.3) is 0 Å². The number of esters is 1. The number of ketones is 1. The van der Waals surface area contributed by atoms with Crippen molar-refractivity contribution < 1.29 is 18.7 Å². The molecule has 1 saturated heterocycles. The first-order chi connectivity index (χ1) is 9.54. The predicted molar refractivity (Wildman–Crippen MR) is 73.4 cm³/mol. The van der Waals surface area contributed by atoms with E-state index in [1.807, 2.05) is 0 Å². The van der Waals surface area contributed by atoms with Crippen LogP contribution in [0.5, 0.6) is 0 Å². The van der Waals surface area contributed by atoms with Crippen LogP contribution in [-0.2, 0) is 9.53 Å². The van der Waals surface area contributed by atoms with Gasteiger partial charge >= 0.3 is 5.97 Å². The fraction of sp³-hybridized carbons (Fsp3) is 0.467. The molecule has 0 aromatic heterocycles. The minimum absolute atomic E-state index is 0.182. The predicted octanol–water partition coefficient (Wildman–Crippen LogP) is 2.56. The highest BCUT2D eigenvalue weighted by Gasteiger charge is 2.33. The van der Waals surface area contributed by atoms with Crippen LogP contribution in [0.15, 0.2) is 18.2 Å². The topological polar surface area (TPSA) is 46.6 Å². The van der Waals surface area contributed by atoms with Crippen molar-refractivity contribution in [2.75, 3.05) is 18.1 Å². The maximum Gasteiger partial charge on any atom is 0.328 e. The Labute approximate surface area is 117 Å². The Morgan fingerprint density at radius 3 is 2.80 bits per heavy atom. The highest BCUT2D eigenvalue weighted by molar-refractivity contribution is 5.94. The van der Waals surface area contributed by atoms with Gasteiger partial charge in [0.2, 0.25) is 0 Å². The van der Waals surface area contributed by atoms with E-state index >= 15 is 0 Å². The van der Waals surface area contributed by atoms with Crippen molar-refractivity contribution >= 4 is 17.4 Å². The van der Waals surface area contributed by atoms with Gasteiger partial charge in [0.1, 0.15) is 11.9 Å². The Bertz CT molecular complexity index is 530. The van der Waals surface area contributed by atoms with E-state index < -0.39 is 11.9 Å². The molecule has 1 unspecified atom stereocenters. The zero-order valence-corrected chi connectivity index (χ0v) is 11.7. The minimum atomic E-state index is -0.478. The summed E-state index contributed by atoms with van der Waals surface area (Å²) >= 11 is 0. The van der Waals surface area contributed by atoms with Crippen LogP contribution in [0.25, 0.3) is 0 Å². The summed E-state index contributed by atoms with van der Waals surface area (Å²) in [6.07, 6.45) is 1.48. The van der Waals surface area contributed by atoms with Gasteiger partial charge in [0.15, 0.2) is 5.78 Å². The van der Waals surface area contributed by atoms with Crippen LogP contribution in [0.4, 0.5) is 10.1 Å². The smallest absolute Gasteiger partial charge is 0.328 e. The number of hydrogen-bond donors (Lipinski definition) is 0. The largest absolute Gasteiger partial charge is 0.464 e. The first kappa shape index (κ1) is 14.5. The quantitative estimate of drug-likeness (QED) is 0.627. The van der Waals surface area contributed by atoms with Gasteiger partial charge in [-0.2, -0.15) is 0 Å².